The van der Waals surface area contributed by atoms with E-state index in [0.29, 0.717) is 0 Å². The first-order valence-corrected chi connectivity index (χ1v) is 13.7. The molecule has 5 heteroatoms. The molecule has 0 saturated heterocycles. The van der Waals surface area contributed by atoms with Crippen LogP contribution in [0.2, 0.25) is 13.1 Å². The van der Waals surface area contributed by atoms with Crippen molar-refractivity contribution in [2.75, 3.05) is 6.61 Å². The molecule has 1 atom stereocenters. The Morgan fingerprint density at radius 1 is 1.07 bits per heavy atom. The van der Waals surface area contributed by atoms with Crippen LogP contribution in [0.5, 0.6) is 0 Å². The van der Waals surface area contributed by atoms with Crippen LogP contribution in [-0.4, -0.2) is 19.9 Å². The molecule has 1 nitrogen and oxygen atoms in total. The first kappa shape index (κ1) is 32.6. The van der Waals surface area contributed by atoms with Crippen molar-refractivity contribution in [2.24, 2.45) is 10.8 Å². The molecule has 0 N–H and O–H groups in total. The second-order valence-electron chi connectivity index (χ2n) is 10.8. The van der Waals surface area contributed by atoms with Gasteiger partial charge in [0.1, 0.15) is 0 Å². The molecule has 0 bridgehead atoms. The van der Waals surface area contributed by atoms with E-state index in [1.807, 2.05) is 0 Å². The summed E-state index contributed by atoms with van der Waals surface area (Å²) in [6.45, 7) is 22.1. The number of rotatable bonds is 6. The monoisotopic (exact) mass is 503 g/mol. The Morgan fingerprint density at radius 3 is 2.10 bits per heavy atom. The first-order valence-electron chi connectivity index (χ1n) is 10.7. The summed E-state index contributed by atoms with van der Waals surface area (Å²) in [5, 5.41) is 1.24. The SMILES string of the molecule is CCCCOC1([Si](C)(C)C2=[C-]CC=C2)CC=C(C(C)(C)C)C=C1C(C)(C)C.[Cl-].[Cl-].[Ti+3]. The summed E-state index contributed by atoms with van der Waals surface area (Å²) in [7, 11) is -1.95. The van der Waals surface area contributed by atoms with Crippen molar-refractivity contribution >= 4 is 8.07 Å². The molecule has 169 valence electrons. The van der Waals surface area contributed by atoms with Crippen LogP contribution in [0.3, 0.4) is 0 Å². The molecule has 0 saturated carbocycles. The molecule has 2 aliphatic rings. The minimum absolute atomic E-state index is 0. The fraction of sp³-hybridized carbons (Fsp3) is 0.680. The zero-order valence-corrected chi connectivity index (χ0v) is 24.6. The van der Waals surface area contributed by atoms with Crippen LogP contribution in [0, 0.1) is 16.9 Å². The normalized spacial score (nSPS) is 21.6. The molecule has 0 aromatic heterocycles. The number of ether oxygens (including phenoxy) is 1. The van der Waals surface area contributed by atoms with Crippen molar-refractivity contribution in [2.45, 2.75) is 92.5 Å². The van der Waals surface area contributed by atoms with E-state index in [4.69, 9.17) is 4.74 Å². The minimum Gasteiger partial charge on any atom is -1.00 e. The Morgan fingerprint density at radius 2 is 1.67 bits per heavy atom. The smallest absolute Gasteiger partial charge is 1.00 e. The van der Waals surface area contributed by atoms with E-state index in [1.165, 1.54) is 22.8 Å². The van der Waals surface area contributed by atoms with Crippen LogP contribution in [0.15, 0.2) is 40.6 Å². The van der Waals surface area contributed by atoms with Crippen LogP contribution >= 0.6 is 0 Å². The third kappa shape index (κ3) is 6.72. The molecular formula is C25H41Cl2OSiTi. The van der Waals surface area contributed by atoms with Crippen LogP contribution in [0.25, 0.3) is 0 Å². The molecule has 0 aromatic carbocycles. The topological polar surface area (TPSA) is 9.23 Å². The van der Waals surface area contributed by atoms with E-state index < -0.39 is 8.07 Å². The average molecular weight is 504 g/mol. The Bertz CT molecular complexity index is 678. The zero-order chi connectivity index (χ0) is 20.5. The maximum atomic E-state index is 6.94. The van der Waals surface area contributed by atoms with Gasteiger partial charge >= 0.3 is 21.7 Å². The van der Waals surface area contributed by atoms with Crippen molar-refractivity contribution in [3.63, 3.8) is 0 Å². The van der Waals surface area contributed by atoms with Gasteiger partial charge in [0.25, 0.3) is 0 Å². The van der Waals surface area contributed by atoms with Gasteiger partial charge in [-0.25, -0.2) is 11.3 Å². The van der Waals surface area contributed by atoms with Crippen LogP contribution < -0.4 is 24.8 Å². The Hall–Kier alpha value is 0.431. The molecule has 0 aliphatic heterocycles. The van der Waals surface area contributed by atoms with E-state index >= 15 is 0 Å². The van der Waals surface area contributed by atoms with Gasteiger partial charge in [-0.15, -0.1) is 6.42 Å². The fourth-order valence-electron chi connectivity index (χ4n) is 4.39. The molecule has 1 unspecified atom stereocenters. The molecule has 1 radical (unpaired) electrons. The van der Waals surface area contributed by atoms with E-state index in [-0.39, 0.29) is 62.6 Å². The van der Waals surface area contributed by atoms with Gasteiger partial charge < -0.3 is 29.6 Å². The van der Waals surface area contributed by atoms with Crippen molar-refractivity contribution in [1.29, 1.82) is 0 Å². The van der Waals surface area contributed by atoms with Crippen molar-refractivity contribution in [1.82, 2.24) is 0 Å². The summed E-state index contributed by atoms with van der Waals surface area (Å²) in [4.78, 5) is 0. The fourth-order valence-corrected chi connectivity index (χ4v) is 8.10. The zero-order valence-electron chi connectivity index (χ0n) is 20.5. The number of hydrogen-bond acceptors (Lipinski definition) is 1. The second-order valence-corrected chi connectivity index (χ2v) is 15.4. The van der Waals surface area contributed by atoms with Crippen molar-refractivity contribution in [3.8, 4) is 0 Å². The summed E-state index contributed by atoms with van der Waals surface area (Å²) in [5.74, 6) is 0. The van der Waals surface area contributed by atoms with E-state index in [9.17, 15) is 0 Å². The molecule has 0 amide bonds. The second kappa shape index (κ2) is 12.1. The van der Waals surface area contributed by atoms with Gasteiger partial charge in [-0.1, -0.05) is 80.1 Å². The first-order chi connectivity index (χ1) is 12.4. The van der Waals surface area contributed by atoms with Crippen molar-refractivity contribution in [3.05, 3.63) is 46.7 Å². The van der Waals surface area contributed by atoms with Crippen LogP contribution in [0.1, 0.15) is 74.1 Å². The summed E-state index contributed by atoms with van der Waals surface area (Å²) in [6, 6.07) is 0. The van der Waals surface area contributed by atoms with Crippen LogP contribution in [-0.2, 0) is 26.5 Å². The van der Waals surface area contributed by atoms with Gasteiger partial charge in [0.05, 0.1) is 13.3 Å². The Balaban J connectivity index is 0. The van der Waals surface area contributed by atoms with Gasteiger partial charge in [-0.3, -0.25) is 6.08 Å². The number of halogens is 2. The van der Waals surface area contributed by atoms with Crippen molar-refractivity contribution < 1.29 is 51.3 Å². The predicted molar refractivity (Wildman–Crippen MR) is 121 cm³/mol. The summed E-state index contributed by atoms with van der Waals surface area (Å²) < 4.78 is 6.94. The Kier molecular flexibility index (Phi) is 13.1. The quantitative estimate of drug-likeness (QED) is 0.302. The van der Waals surface area contributed by atoms with Gasteiger partial charge in [-0.2, -0.15) is 6.08 Å². The number of unbranched alkanes of at least 4 members (excludes halogenated alkanes) is 1. The van der Waals surface area contributed by atoms with Gasteiger partial charge in [-0.05, 0) is 34.8 Å². The van der Waals surface area contributed by atoms with Gasteiger partial charge in [0, 0.05) is 6.61 Å². The largest absolute Gasteiger partial charge is 3.00 e. The van der Waals surface area contributed by atoms with E-state index in [2.05, 4.69) is 91.9 Å². The third-order valence-electron chi connectivity index (χ3n) is 6.24. The number of hydrogen-bond donors (Lipinski definition) is 0. The van der Waals surface area contributed by atoms with E-state index in [1.54, 1.807) is 0 Å². The van der Waals surface area contributed by atoms with Crippen LogP contribution in [0.4, 0.5) is 0 Å². The molecule has 2 aliphatic carbocycles. The summed E-state index contributed by atoms with van der Waals surface area (Å²) in [6.07, 6.45) is 17.4. The maximum Gasteiger partial charge on any atom is 3.00 e. The minimum atomic E-state index is -1.95. The predicted octanol–water partition coefficient (Wildman–Crippen LogP) is 1.37. The molecule has 0 aromatic rings. The van der Waals surface area contributed by atoms with Gasteiger partial charge in [0.2, 0.25) is 0 Å². The van der Waals surface area contributed by atoms with Gasteiger partial charge in [0.15, 0.2) is 0 Å². The standard InChI is InChI=1S/C25H41OSi.2ClH.Ti/c1-10-11-18-26-25(27(8,9)21-14-12-13-15-21)17-16-20(23(2,3)4)19-22(25)24(5,6)7;;;/h12,14,16,19H,10-11,13,17-18H2,1-9H3;2*1H;/q-1;;;+3/p-2. The molecule has 2 rings (SSSR count). The average Bonchev–Trinajstić information content (AvgIpc) is 3.08. The Labute approximate surface area is 215 Å². The number of allylic oxidation sites excluding steroid dienone is 6. The molecular weight excluding hydrogens is 463 g/mol. The summed E-state index contributed by atoms with van der Waals surface area (Å²) >= 11 is 0. The maximum absolute atomic E-state index is 6.94. The third-order valence-corrected chi connectivity index (χ3v) is 10.6. The van der Waals surface area contributed by atoms with E-state index in [0.717, 1.165) is 25.9 Å². The summed E-state index contributed by atoms with van der Waals surface area (Å²) in [5.41, 5.74) is 3.18. The molecule has 0 spiro atoms. The molecule has 0 heterocycles. The molecule has 0 fully saturated rings. The molecule has 30 heavy (non-hydrogen) atoms.